The normalized spacial score (nSPS) is 17.9. The Hall–Kier alpha value is -1.53. The maximum atomic E-state index is 12.5. The molecule has 2 heterocycles. The number of piperidine rings is 1. The van der Waals surface area contributed by atoms with Gasteiger partial charge in [0.05, 0.1) is 5.75 Å². The zero-order valence-electron chi connectivity index (χ0n) is 13.6. The van der Waals surface area contributed by atoms with Gasteiger partial charge in [-0.05, 0) is 24.5 Å². The molecule has 2 aromatic rings. The fraction of sp³-hybridized carbons (Fsp3) is 0.471. The van der Waals surface area contributed by atoms with Gasteiger partial charge in [0.2, 0.25) is 11.8 Å². The van der Waals surface area contributed by atoms with Gasteiger partial charge < -0.3 is 9.42 Å². The van der Waals surface area contributed by atoms with Crippen molar-refractivity contribution in [2.45, 2.75) is 31.4 Å². The average Bonchev–Trinajstić information content (AvgIpc) is 3.03. The minimum Gasteiger partial charge on any atom is -0.341 e. The summed E-state index contributed by atoms with van der Waals surface area (Å²) in [7, 11) is 0. The molecule has 3 rings (SSSR count). The number of amides is 1. The molecule has 24 heavy (non-hydrogen) atoms. The summed E-state index contributed by atoms with van der Waals surface area (Å²) in [5, 5.41) is 4.75. The lowest BCUT2D eigenvalue weighted by atomic mass is 9.97. The van der Waals surface area contributed by atoms with Gasteiger partial charge in [0.15, 0.2) is 5.82 Å². The van der Waals surface area contributed by atoms with Crippen molar-refractivity contribution in [1.29, 1.82) is 0 Å². The molecule has 1 aromatic carbocycles. The van der Waals surface area contributed by atoms with E-state index >= 15 is 0 Å². The third-order valence-electron chi connectivity index (χ3n) is 4.12. The van der Waals surface area contributed by atoms with Gasteiger partial charge in [-0.3, -0.25) is 4.79 Å². The topological polar surface area (TPSA) is 59.2 Å². The SMILES string of the molecule is Cc1nc([C@@H]2CCCN(C(=O)CSCc3ccccc3Cl)C2)no1. The minimum atomic E-state index is 0.164. The Morgan fingerprint density at radius 1 is 1.46 bits per heavy atom. The number of nitrogens with zero attached hydrogens (tertiary/aromatic N) is 3. The number of thioether (sulfide) groups is 1. The van der Waals surface area contributed by atoms with Crippen LogP contribution in [0.1, 0.15) is 36.0 Å². The van der Waals surface area contributed by atoms with Gasteiger partial charge in [0.25, 0.3) is 0 Å². The highest BCUT2D eigenvalue weighted by Gasteiger charge is 2.27. The van der Waals surface area contributed by atoms with E-state index in [0.717, 1.165) is 35.7 Å². The lowest BCUT2D eigenvalue weighted by molar-refractivity contribution is -0.129. The third kappa shape index (κ3) is 4.30. The number of likely N-dealkylation sites (tertiary alicyclic amines) is 1. The van der Waals surface area contributed by atoms with E-state index in [9.17, 15) is 4.79 Å². The Bertz CT molecular complexity index is 707. The molecule has 0 aliphatic carbocycles. The molecule has 1 aliphatic heterocycles. The second-order valence-corrected chi connectivity index (χ2v) is 7.33. The van der Waals surface area contributed by atoms with E-state index in [2.05, 4.69) is 10.1 Å². The first-order chi connectivity index (χ1) is 11.6. The molecular weight excluding hydrogens is 346 g/mol. The molecule has 0 N–H and O–H groups in total. The Labute approximate surface area is 150 Å². The lowest BCUT2D eigenvalue weighted by Crippen LogP contribution is -2.40. The molecular formula is C17H20ClN3O2S. The van der Waals surface area contributed by atoms with Crippen LogP contribution in [0.4, 0.5) is 0 Å². The van der Waals surface area contributed by atoms with Crippen molar-refractivity contribution in [3.05, 3.63) is 46.6 Å². The molecule has 0 radical (unpaired) electrons. The van der Waals surface area contributed by atoms with Crippen molar-refractivity contribution in [1.82, 2.24) is 15.0 Å². The number of rotatable bonds is 5. The molecule has 1 amide bonds. The molecule has 0 bridgehead atoms. The Kier molecular flexibility index (Phi) is 5.79. The maximum absolute atomic E-state index is 12.5. The predicted octanol–water partition coefficient (Wildman–Crippen LogP) is 3.67. The van der Waals surface area contributed by atoms with Gasteiger partial charge in [-0.25, -0.2) is 0 Å². The van der Waals surface area contributed by atoms with Crippen LogP contribution in [0.3, 0.4) is 0 Å². The van der Waals surface area contributed by atoms with Crippen LogP contribution in [0.5, 0.6) is 0 Å². The van der Waals surface area contributed by atoms with E-state index in [0.29, 0.717) is 24.0 Å². The molecule has 5 nitrogen and oxygen atoms in total. The van der Waals surface area contributed by atoms with Crippen LogP contribution in [0.15, 0.2) is 28.8 Å². The number of aromatic nitrogens is 2. The van der Waals surface area contributed by atoms with Crippen LogP contribution in [0.2, 0.25) is 5.02 Å². The van der Waals surface area contributed by atoms with Gasteiger partial charge in [-0.2, -0.15) is 4.98 Å². The summed E-state index contributed by atoms with van der Waals surface area (Å²) >= 11 is 7.74. The molecule has 7 heteroatoms. The number of hydrogen-bond donors (Lipinski definition) is 0. The summed E-state index contributed by atoms with van der Waals surface area (Å²) in [5.41, 5.74) is 1.07. The monoisotopic (exact) mass is 365 g/mol. The van der Waals surface area contributed by atoms with Crippen LogP contribution in [0.25, 0.3) is 0 Å². The van der Waals surface area contributed by atoms with Crippen LogP contribution in [-0.4, -0.2) is 39.8 Å². The van der Waals surface area contributed by atoms with Gasteiger partial charge >= 0.3 is 0 Å². The van der Waals surface area contributed by atoms with Crippen LogP contribution in [-0.2, 0) is 10.5 Å². The molecule has 1 aromatic heterocycles. The summed E-state index contributed by atoms with van der Waals surface area (Å²) in [6, 6.07) is 7.75. The quantitative estimate of drug-likeness (QED) is 0.809. The second-order valence-electron chi connectivity index (χ2n) is 5.93. The van der Waals surface area contributed by atoms with Crippen LogP contribution < -0.4 is 0 Å². The minimum absolute atomic E-state index is 0.164. The average molecular weight is 366 g/mol. The molecule has 1 aliphatic rings. The van der Waals surface area contributed by atoms with Gasteiger partial charge in [-0.15, -0.1) is 11.8 Å². The smallest absolute Gasteiger partial charge is 0.232 e. The Balaban J connectivity index is 1.50. The van der Waals surface area contributed by atoms with Crippen LogP contribution >= 0.6 is 23.4 Å². The maximum Gasteiger partial charge on any atom is 0.232 e. The zero-order valence-corrected chi connectivity index (χ0v) is 15.1. The predicted molar refractivity (Wildman–Crippen MR) is 95.2 cm³/mol. The van der Waals surface area contributed by atoms with Gasteiger partial charge in [0, 0.05) is 36.7 Å². The number of carbonyl (C=O) groups excluding carboxylic acids is 1. The highest BCUT2D eigenvalue weighted by Crippen LogP contribution is 2.26. The summed E-state index contributed by atoms with van der Waals surface area (Å²) in [4.78, 5) is 18.7. The molecule has 0 unspecified atom stereocenters. The third-order valence-corrected chi connectivity index (χ3v) is 5.46. The van der Waals surface area contributed by atoms with Crippen molar-refractivity contribution in [2.75, 3.05) is 18.8 Å². The highest BCUT2D eigenvalue weighted by molar-refractivity contribution is 7.99. The molecule has 1 saturated heterocycles. The summed E-state index contributed by atoms with van der Waals surface area (Å²) in [5.74, 6) is 2.83. The first-order valence-electron chi connectivity index (χ1n) is 8.02. The number of benzene rings is 1. The molecule has 128 valence electrons. The zero-order chi connectivity index (χ0) is 16.9. The van der Waals surface area contributed by atoms with Gasteiger partial charge in [0.1, 0.15) is 0 Å². The number of aryl methyl sites for hydroxylation is 1. The van der Waals surface area contributed by atoms with E-state index in [1.165, 1.54) is 0 Å². The van der Waals surface area contributed by atoms with E-state index in [1.807, 2.05) is 29.2 Å². The largest absolute Gasteiger partial charge is 0.341 e. The molecule has 1 fully saturated rings. The van der Waals surface area contributed by atoms with E-state index < -0.39 is 0 Å². The van der Waals surface area contributed by atoms with Crippen molar-refractivity contribution >= 4 is 29.3 Å². The molecule has 0 spiro atoms. The van der Waals surface area contributed by atoms with Crippen molar-refractivity contribution < 1.29 is 9.32 Å². The van der Waals surface area contributed by atoms with Crippen molar-refractivity contribution in [2.24, 2.45) is 0 Å². The number of halogens is 1. The fourth-order valence-electron chi connectivity index (χ4n) is 2.85. The molecule has 1 atom stereocenters. The second kappa shape index (κ2) is 8.03. The van der Waals surface area contributed by atoms with Gasteiger partial charge in [-0.1, -0.05) is 35.0 Å². The summed E-state index contributed by atoms with van der Waals surface area (Å²) < 4.78 is 5.06. The number of carbonyl (C=O) groups is 1. The first-order valence-corrected chi connectivity index (χ1v) is 9.56. The lowest BCUT2D eigenvalue weighted by Gasteiger charge is -2.31. The Morgan fingerprint density at radius 3 is 3.04 bits per heavy atom. The highest BCUT2D eigenvalue weighted by atomic mass is 35.5. The fourth-order valence-corrected chi connectivity index (χ4v) is 4.06. The standard InChI is InChI=1S/C17H20ClN3O2S/c1-12-19-17(20-23-12)13-6-4-8-21(9-13)16(22)11-24-10-14-5-2-3-7-15(14)18/h2-3,5,7,13H,4,6,8-11H2,1H3/t13-/m1/s1. The summed E-state index contributed by atoms with van der Waals surface area (Å²) in [6.45, 7) is 3.26. The van der Waals surface area contributed by atoms with E-state index in [-0.39, 0.29) is 11.8 Å². The summed E-state index contributed by atoms with van der Waals surface area (Å²) in [6.07, 6.45) is 1.97. The van der Waals surface area contributed by atoms with E-state index in [1.54, 1.807) is 18.7 Å². The Morgan fingerprint density at radius 2 is 2.29 bits per heavy atom. The number of hydrogen-bond acceptors (Lipinski definition) is 5. The molecule has 0 saturated carbocycles. The van der Waals surface area contributed by atoms with E-state index in [4.69, 9.17) is 16.1 Å². The van der Waals surface area contributed by atoms with Crippen molar-refractivity contribution in [3.63, 3.8) is 0 Å². The van der Waals surface area contributed by atoms with Crippen LogP contribution in [0, 0.1) is 6.92 Å². The van der Waals surface area contributed by atoms with Crippen molar-refractivity contribution in [3.8, 4) is 0 Å². The first kappa shape index (κ1) is 17.3.